The van der Waals surface area contributed by atoms with E-state index in [4.69, 9.17) is 0 Å². The van der Waals surface area contributed by atoms with Gasteiger partial charge in [0.2, 0.25) is 11.6 Å². The minimum absolute atomic E-state index is 0.0729. The van der Waals surface area contributed by atoms with E-state index in [0.717, 1.165) is 38.9 Å². The molecule has 2 aromatic heterocycles. The Hall–Kier alpha value is -5.64. The fourth-order valence-electron chi connectivity index (χ4n) is 6.58. The zero-order valence-electron chi connectivity index (χ0n) is 31.0. The van der Waals surface area contributed by atoms with Gasteiger partial charge in [-0.25, -0.2) is 9.59 Å². The van der Waals surface area contributed by atoms with E-state index in [1.165, 1.54) is 4.57 Å². The van der Waals surface area contributed by atoms with Gasteiger partial charge in [-0.15, -0.1) is 0 Å². The second kappa shape index (κ2) is 15.5. The van der Waals surface area contributed by atoms with Crippen molar-refractivity contribution < 1.29 is 9.59 Å². The average Bonchev–Trinajstić information content (AvgIpc) is 2.99. The Morgan fingerprint density at radius 1 is 0.549 bits per heavy atom. The van der Waals surface area contributed by atoms with Crippen molar-refractivity contribution in [1.82, 2.24) is 19.5 Å². The minimum atomic E-state index is -0.669. The molecule has 10 nitrogen and oxygen atoms in total. The van der Waals surface area contributed by atoms with Crippen LogP contribution in [0.1, 0.15) is 122 Å². The molecule has 0 amide bonds. The second-order valence-corrected chi connectivity index (χ2v) is 14.0. The molecule has 0 bridgehead atoms. The summed E-state index contributed by atoms with van der Waals surface area (Å²) in [6, 6.07) is 17.1. The zero-order valence-corrected chi connectivity index (χ0v) is 31.0. The quantitative estimate of drug-likeness (QED) is 0.165. The maximum atomic E-state index is 13.6. The maximum Gasteiger partial charge on any atom is 0.329 e. The zero-order chi connectivity index (χ0) is 37.9. The molecular weight excluding hydrogens is 644 g/mol. The molecule has 3 aromatic carbocycles. The van der Waals surface area contributed by atoms with Gasteiger partial charge >= 0.3 is 11.4 Å². The fourth-order valence-corrected chi connectivity index (χ4v) is 6.58. The molecule has 5 rings (SSSR count). The van der Waals surface area contributed by atoms with E-state index in [2.05, 4.69) is 21.0 Å². The van der Waals surface area contributed by atoms with Crippen LogP contribution in [-0.2, 0) is 6.54 Å². The first kappa shape index (κ1) is 38.2. The number of ketones is 2. The van der Waals surface area contributed by atoms with Crippen molar-refractivity contribution in [3.63, 3.8) is 0 Å². The molecule has 0 atom stereocenters. The Kier molecular flexibility index (Phi) is 11.6. The van der Waals surface area contributed by atoms with Gasteiger partial charge in [-0.05, 0) is 83.2 Å². The molecule has 0 unspecified atom stereocenters. The lowest BCUT2D eigenvalue weighted by molar-refractivity contribution is 0.102. The predicted octanol–water partition coefficient (Wildman–Crippen LogP) is 6.21. The third-order valence-corrected chi connectivity index (χ3v) is 8.40. The summed E-state index contributed by atoms with van der Waals surface area (Å²) in [5.41, 5.74) is 6.46. The van der Waals surface area contributed by atoms with Crippen LogP contribution >= 0.6 is 0 Å². The Labute approximate surface area is 296 Å². The number of carbonyl (C=O) groups excluding carboxylic acids is 2. The molecule has 0 aliphatic carbocycles. The van der Waals surface area contributed by atoms with Crippen molar-refractivity contribution in [3.8, 4) is 0 Å². The third kappa shape index (κ3) is 8.94. The molecule has 266 valence electrons. The van der Waals surface area contributed by atoms with Crippen LogP contribution < -0.4 is 22.5 Å². The number of carbonyl (C=O) groups is 2. The number of rotatable bonds is 8. The highest BCUT2D eigenvalue weighted by atomic mass is 16.2. The SMILES string of the molecule is Cc1cc(C)cc(C(=O)c2[nH]c(=O)[nH]c(=O)c2C(C)C)c1.Cc1cc(C)cc(Cn2c(C(=O)c3cc(C)cc(C)c3)c(C(C)C)c(=O)[nH]c2=O)c1. The number of nitrogens with one attached hydrogen (secondary N) is 3. The Morgan fingerprint density at radius 3 is 1.41 bits per heavy atom. The Morgan fingerprint density at radius 2 is 0.961 bits per heavy atom. The van der Waals surface area contributed by atoms with Gasteiger partial charge in [-0.1, -0.05) is 91.4 Å². The lowest BCUT2D eigenvalue weighted by Crippen LogP contribution is -2.38. The van der Waals surface area contributed by atoms with Gasteiger partial charge in [0.25, 0.3) is 11.1 Å². The van der Waals surface area contributed by atoms with Crippen LogP contribution in [0.4, 0.5) is 0 Å². The topological polar surface area (TPSA) is 155 Å². The van der Waals surface area contributed by atoms with Gasteiger partial charge in [0.05, 0.1) is 12.2 Å². The Bertz CT molecular complexity index is 2330. The van der Waals surface area contributed by atoms with E-state index >= 15 is 0 Å². The van der Waals surface area contributed by atoms with Crippen LogP contribution in [0.25, 0.3) is 0 Å². The maximum absolute atomic E-state index is 13.6. The molecular formula is C41H46N4O6. The van der Waals surface area contributed by atoms with Crippen molar-refractivity contribution in [2.24, 2.45) is 0 Å². The number of H-pyrrole nitrogens is 3. The second-order valence-electron chi connectivity index (χ2n) is 14.0. The molecule has 5 aromatic rings. The summed E-state index contributed by atoms with van der Waals surface area (Å²) in [7, 11) is 0. The number of benzene rings is 3. The van der Waals surface area contributed by atoms with Crippen molar-refractivity contribution >= 4 is 11.6 Å². The summed E-state index contributed by atoms with van der Waals surface area (Å²) in [6.45, 7) is 19.2. The number of aromatic nitrogens is 4. The van der Waals surface area contributed by atoms with E-state index in [1.807, 2.05) is 79.7 Å². The number of aromatic amines is 3. The van der Waals surface area contributed by atoms with Gasteiger partial charge in [0.15, 0.2) is 0 Å². The van der Waals surface area contributed by atoms with Crippen molar-refractivity contribution in [2.75, 3.05) is 0 Å². The first-order chi connectivity index (χ1) is 23.9. The molecule has 0 aliphatic rings. The smallest absolute Gasteiger partial charge is 0.304 e. The van der Waals surface area contributed by atoms with Crippen LogP contribution in [0.3, 0.4) is 0 Å². The van der Waals surface area contributed by atoms with E-state index in [1.54, 1.807) is 38.1 Å². The van der Waals surface area contributed by atoms with E-state index in [0.29, 0.717) is 22.3 Å². The normalized spacial score (nSPS) is 11.1. The first-order valence-corrected chi connectivity index (χ1v) is 16.9. The number of hydrogen-bond donors (Lipinski definition) is 3. The van der Waals surface area contributed by atoms with Gasteiger partial charge in [0.1, 0.15) is 5.69 Å². The molecule has 2 heterocycles. The minimum Gasteiger partial charge on any atom is -0.304 e. The molecule has 0 spiro atoms. The van der Waals surface area contributed by atoms with Crippen LogP contribution in [0.5, 0.6) is 0 Å². The van der Waals surface area contributed by atoms with E-state index in [9.17, 15) is 28.8 Å². The summed E-state index contributed by atoms with van der Waals surface area (Å²) < 4.78 is 1.41. The van der Waals surface area contributed by atoms with E-state index in [-0.39, 0.29) is 41.3 Å². The third-order valence-electron chi connectivity index (χ3n) is 8.40. The first-order valence-electron chi connectivity index (χ1n) is 16.9. The summed E-state index contributed by atoms with van der Waals surface area (Å²) in [4.78, 5) is 82.3. The van der Waals surface area contributed by atoms with Crippen LogP contribution in [0, 0.1) is 41.5 Å². The number of hydrogen-bond acceptors (Lipinski definition) is 6. The van der Waals surface area contributed by atoms with Crippen molar-refractivity contribution in [1.29, 1.82) is 0 Å². The number of aryl methyl sites for hydroxylation is 6. The van der Waals surface area contributed by atoms with Crippen molar-refractivity contribution in [2.45, 2.75) is 87.6 Å². The monoisotopic (exact) mass is 690 g/mol. The molecule has 10 heteroatoms. The summed E-state index contributed by atoms with van der Waals surface area (Å²) in [5.74, 6) is -1.04. The summed E-state index contributed by atoms with van der Waals surface area (Å²) in [6.07, 6.45) is 0. The predicted molar refractivity (Wildman–Crippen MR) is 201 cm³/mol. The Balaban J connectivity index is 0.000000244. The van der Waals surface area contributed by atoms with Crippen LogP contribution in [0.2, 0.25) is 0 Å². The largest absolute Gasteiger partial charge is 0.329 e. The fraction of sp³-hybridized carbons (Fsp3) is 0.317. The molecule has 0 saturated carbocycles. The molecule has 51 heavy (non-hydrogen) atoms. The highest BCUT2D eigenvalue weighted by Gasteiger charge is 2.25. The van der Waals surface area contributed by atoms with Crippen molar-refractivity contribution in [3.05, 3.63) is 169 Å². The van der Waals surface area contributed by atoms with Gasteiger partial charge in [-0.2, -0.15) is 0 Å². The van der Waals surface area contributed by atoms with Gasteiger partial charge in [0, 0.05) is 22.3 Å². The van der Waals surface area contributed by atoms with E-state index < -0.39 is 22.5 Å². The molecule has 0 fully saturated rings. The summed E-state index contributed by atoms with van der Waals surface area (Å²) >= 11 is 0. The lowest BCUT2D eigenvalue weighted by Gasteiger charge is -2.18. The highest BCUT2D eigenvalue weighted by molar-refractivity contribution is 6.09. The average molecular weight is 691 g/mol. The molecule has 0 saturated heterocycles. The van der Waals surface area contributed by atoms with Gasteiger partial charge < -0.3 is 4.98 Å². The van der Waals surface area contributed by atoms with Crippen LogP contribution in [0.15, 0.2) is 73.8 Å². The molecule has 0 radical (unpaired) electrons. The van der Waals surface area contributed by atoms with Crippen LogP contribution in [-0.4, -0.2) is 31.1 Å². The van der Waals surface area contributed by atoms with Gasteiger partial charge in [-0.3, -0.25) is 33.7 Å². The lowest BCUT2D eigenvalue weighted by atomic mass is 9.95. The standard InChI is InChI=1S/C25H28N2O3.C16H18N2O3/c1-14(2)21-22(23(28)20-11-17(5)8-18(6)12-20)27(25(30)26-24(21)29)13-19-9-15(3)7-16(4)10-19;1-8(2)12-13(17-16(21)18-15(12)20)14(19)11-6-9(3)5-10(4)7-11/h7-12,14H,13H2,1-6H3,(H,26,29,30);5-8H,1-4H3,(H2,17,18,20,21). The highest BCUT2D eigenvalue weighted by Crippen LogP contribution is 2.22. The molecule has 3 N–H and O–H groups in total. The number of nitrogens with zero attached hydrogens (tertiary/aromatic N) is 1. The summed E-state index contributed by atoms with van der Waals surface area (Å²) in [5, 5.41) is 0. The molecule has 0 aliphatic heterocycles.